The summed E-state index contributed by atoms with van der Waals surface area (Å²) >= 11 is 0. The number of pyridine rings is 1. The van der Waals surface area contributed by atoms with Crippen LogP contribution in [0.2, 0.25) is 0 Å². The van der Waals surface area contributed by atoms with Crippen LogP contribution in [0.3, 0.4) is 0 Å². The van der Waals surface area contributed by atoms with Crippen molar-refractivity contribution in [3.63, 3.8) is 0 Å². The smallest absolute Gasteiger partial charge is 0.287 e. The lowest BCUT2D eigenvalue weighted by molar-refractivity contribution is -0.152. The van der Waals surface area contributed by atoms with Crippen molar-refractivity contribution in [3.05, 3.63) is 66.0 Å². The summed E-state index contributed by atoms with van der Waals surface area (Å²) in [5, 5.41) is 5.24. The van der Waals surface area contributed by atoms with E-state index in [9.17, 15) is 9.59 Å². The molecule has 3 rings (SSSR count). The number of rotatable bonds is 5. The number of carbonyl (C=O) groups is 2. The first-order valence-corrected chi connectivity index (χ1v) is 8.30. The third kappa shape index (κ3) is 3.88. The molecule has 0 saturated heterocycles. The van der Waals surface area contributed by atoms with Gasteiger partial charge in [0, 0.05) is 38.5 Å². The minimum atomic E-state index is -1.09. The van der Waals surface area contributed by atoms with Gasteiger partial charge < -0.3 is 9.64 Å². The predicted octanol–water partition coefficient (Wildman–Crippen LogP) is 1.65. The number of carbonyl (C=O) groups excluding carboxylic acids is 2. The third-order valence-electron chi connectivity index (χ3n) is 4.06. The Kier molecular flexibility index (Phi) is 5.26. The molecule has 1 aliphatic heterocycles. The quantitative estimate of drug-likeness (QED) is 0.820. The van der Waals surface area contributed by atoms with E-state index in [0.717, 1.165) is 10.6 Å². The van der Waals surface area contributed by atoms with Gasteiger partial charge in [-0.1, -0.05) is 30.3 Å². The van der Waals surface area contributed by atoms with E-state index in [1.165, 1.54) is 6.92 Å². The van der Waals surface area contributed by atoms with Gasteiger partial charge >= 0.3 is 0 Å². The van der Waals surface area contributed by atoms with E-state index in [0.29, 0.717) is 18.5 Å². The number of amides is 2. The summed E-state index contributed by atoms with van der Waals surface area (Å²) in [4.78, 5) is 30.2. The van der Waals surface area contributed by atoms with E-state index >= 15 is 0 Å². The van der Waals surface area contributed by atoms with Gasteiger partial charge in [-0.3, -0.25) is 14.6 Å². The van der Waals surface area contributed by atoms with Crippen LogP contribution in [0.15, 0.2) is 60.0 Å². The van der Waals surface area contributed by atoms with Crippen molar-refractivity contribution in [3.8, 4) is 0 Å². The van der Waals surface area contributed by atoms with Crippen LogP contribution in [-0.2, 0) is 20.7 Å². The number of ether oxygens (including phenoxy) is 1. The lowest BCUT2D eigenvalue weighted by Gasteiger charge is -2.24. The van der Waals surface area contributed by atoms with E-state index < -0.39 is 6.23 Å². The van der Waals surface area contributed by atoms with Crippen LogP contribution >= 0.6 is 0 Å². The number of hydrazone groups is 1. The highest BCUT2D eigenvalue weighted by Gasteiger charge is 2.38. The zero-order valence-corrected chi connectivity index (χ0v) is 14.7. The molecule has 2 aromatic rings. The maximum absolute atomic E-state index is 12.8. The highest BCUT2D eigenvalue weighted by atomic mass is 16.5. The van der Waals surface area contributed by atoms with Crippen LogP contribution in [0.4, 0.5) is 0 Å². The van der Waals surface area contributed by atoms with Crippen LogP contribution in [0, 0.1) is 0 Å². The number of nitrogens with zero attached hydrogens (tertiary/aromatic N) is 4. The number of likely N-dealkylation sites (N-methyl/N-ethyl adjacent to an activating group) is 1. The number of aromatic nitrogens is 1. The molecule has 26 heavy (non-hydrogen) atoms. The molecule has 0 spiro atoms. The lowest BCUT2D eigenvalue weighted by atomic mass is 10.1. The fourth-order valence-electron chi connectivity index (χ4n) is 2.58. The predicted molar refractivity (Wildman–Crippen MR) is 96.0 cm³/mol. The van der Waals surface area contributed by atoms with Gasteiger partial charge in [-0.25, -0.2) is 0 Å². The highest BCUT2D eigenvalue weighted by Crippen LogP contribution is 2.19. The van der Waals surface area contributed by atoms with Crippen molar-refractivity contribution in [2.24, 2.45) is 5.10 Å². The van der Waals surface area contributed by atoms with Gasteiger partial charge in [-0.2, -0.15) is 5.01 Å². The maximum atomic E-state index is 12.8. The molecule has 1 aromatic heterocycles. The van der Waals surface area contributed by atoms with Crippen LogP contribution in [0.25, 0.3) is 0 Å². The second kappa shape index (κ2) is 7.77. The summed E-state index contributed by atoms with van der Waals surface area (Å²) < 4.78 is 5.69. The summed E-state index contributed by atoms with van der Waals surface area (Å²) in [6.07, 6.45) is 2.82. The molecule has 0 N–H and O–H groups in total. The third-order valence-corrected chi connectivity index (χ3v) is 4.06. The first kappa shape index (κ1) is 17.6. The van der Waals surface area contributed by atoms with E-state index in [-0.39, 0.29) is 17.7 Å². The van der Waals surface area contributed by atoms with E-state index in [1.807, 2.05) is 30.3 Å². The van der Waals surface area contributed by atoms with Crippen molar-refractivity contribution in [1.29, 1.82) is 0 Å². The molecular weight excluding hydrogens is 332 g/mol. The fourth-order valence-corrected chi connectivity index (χ4v) is 2.58. The average molecular weight is 352 g/mol. The maximum Gasteiger partial charge on any atom is 0.287 e. The Bertz CT molecular complexity index is 808. The molecule has 0 fully saturated rings. The minimum Gasteiger partial charge on any atom is -0.440 e. The zero-order valence-electron chi connectivity index (χ0n) is 14.7. The first-order valence-electron chi connectivity index (χ1n) is 8.30. The molecule has 1 atom stereocenters. The fraction of sp³-hybridized carbons (Fsp3) is 0.263. The van der Waals surface area contributed by atoms with Crippen molar-refractivity contribution < 1.29 is 14.3 Å². The molecule has 0 aliphatic carbocycles. The Morgan fingerprint density at radius 1 is 1.15 bits per heavy atom. The molecule has 0 radical (unpaired) electrons. The molecule has 2 amide bonds. The van der Waals surface area contributed by atoms with Crippen LogP contribution in [0.5, 0.6) is 0 Å². The monoisotopic (exact) mass is 352 g/mol. The zero-order chi connectivity index (χ0) is 18.5. The van der Waals surface area contributed by atoms with Gasteiger partial charge in [0.2, 0.25) is 11.8 Å². The Morgan fingerprint density at radius 3 is 2.50 bits per heavy atom. The van der Waals surface area contributed by atoms with E-state index in [2.05, 4.69) is 10.1 Å². The van der Waals surface area contributed by atoms with Gasteiger partial charge in [-0.05, 0) is 24.1 Å². The Morgan fingerprint density at radius 2 is 1.85 bits per heavy atom. The summed E-state index contributed by atoms with van der Waals surface area (Å²) in [6, 6.07) is 13.3. The molecule has 2 heterocycles. The summed E-state index contributed by atoms with van der Waals surface area (Å²) in [5.41, 5.74) is 1.80. The van der Waals surface area contributed by atoms with Crippen molar-refractivity contribution in [1.82, 2.24) is 14.9 Å². The SMILES string of the molecule is CC(=O)N1N=C(c2ccncc2)OC1C(=O)N(C)CCc1ccccc1. The summed E-state index contributed by atoms with van der Waals surface area (Å²) in [5.74, 6) is -0.440. The molecule has 1 aromatic carbocycles. The van der Waals surface area contributed by atoms with Crippen LogP contribution in [-0.4, -0.2) is 52.4 Å². The topological polar surface area (TPSA) is 75.1 Å². The normalized spacial score (nSPS) is 16.0. The summed E-state index contributed by atoms with van der Waals surface area (Å²) in [7, 11) is 1.69. The standard InChI is InChI=1S/C19H20N4O3/c1-14(24)23-19(26-17(21-23)16-8-11-20-12-9-16)18(25)22(2)13-10-15-6-4-3-5-7-15/h3-9,11-12,19H,10,13H2,1-2H3. The molecule has 1 unspecified atom stereocenters. The van der Waals surface area contributed by atoms with Gasteiger partial charge in [0.1, 0.15) is 0 Å². The van der Waals surface area contributed by atoms with E-state index in [4.69, 9.17) is 4.74 Å². The average Bonchev–Trinajstić information content (AvgIpc) is 3.13. The molecule has 0 bridgehead atoms. The number of benzene rings is 1. The molecule has 134 valence electrons. The van der Waals surface area contributed by atoms with Crippen molar-refractivity contribution in [2.45, 2.75) is 19.6 Å². The van der Waals surface area contributed by atoms with Gasteiger partial charge in [0.05, 0.1) is 0 Å². The highest BCUT2D eigenvalue weighted by molar-refractivity contribution is 5.99. The molecule has 7 heteroatoms. The number of hydrogen-bond donors (Lipinski definition) is 0. The molecule has 0 saturated carbocycles. The molecule has 1 aliphatic rings. The van der Waals surface area contributed by atoms with Gasteiger partial charge in [0.15, 0.2) is 0 Å². The Hall–Kier alpha value is -3.22. The second-order valence-electron chi connectivity index (χ2n) is 5.97. The van der Waals surface area contributed by atoms with E-state index in [1.54, 1.807) is 36.5 Å². The Labute approximate surface area is 151 Å². The van der Waals surface area contributed by atoms with Gasteiger partial charge in [-0.15, -0.1) is 5.10 Å². The second-order valence-corrected chi connectivity index (χ2v) is 5.97. The number of hydrogen-bond acceptors (Lipinski definition) is 5. The summed E-state index contributed by atoms with van der Waals surface area (Å²) in [6.45, 7) is 1.87. The molecule has 7 nitrogen and oxygen atoms in total. The minimum absolute atomic E-state index is 0.234. The van der Waals surface area contributed by atoms with Crippen molar-refractivity contribution >= 4 is 17.7 Å². The largest absolute Gasteiger partial charge is 0.440 e. The van der Waals surface area contributed by atoms with Crippen LogP contribution in [0.1, 0.15) is 18.1 Å². The van der Waals surface area contributed by atoms with Crippen LogP contribution < -0.4 is 0 Å². The first-order chi connectivity index (χ1) is 12.6. The van der Waals surface area contributed by atoms with Gasteiger partial charge in [0.25, 0.3) is 12.1 Å². The lowest BCUT2D eigenvalue weighted by Crippen LogP contribution is -2.46. The molecular formula is C19H20N4O3. The van der Waals surface area contributed by atoms with Crippen molar-refractivity contribution in [2.75, 3.05) is 13.6 Å². The Balaban J connectivity index is 1.69.